The molecule has 0 fully saturated rings. The molecule has 3 aromatic rings. The second kappa shape index (κ2) is 6.10. The van der Waals surface area contributed by atoms with Gasteiger partial charge < -0.3 is 5.32 Å². The Kier molecular flexibility index (Phi) is 4.02. The second-order valence-corrected chi connectivity index (χ2v) is 5.41. The number of likely N-dealkylation sites (N-methyl/N-ethyl adjacent to an activating group) is 1. The largest absolute Gasteiger partial charge is 0.310 e. The van der Waals surface area contributed by atoms with Crippen LogP contribution < -0.4 is 5.32 Å². The molecule has 0 spiro atoms. The van der Waals surface area contributed by atoms with Crippen LogP contribution in [0.4, 0.5) is 0 Å². The van der Waals surface area contributed by atoms with Gasteiger partial charge in [-0.2, -0.15) is 5.10 Å². The van der Waals surface area contributed by atoms with Crippen LogP contribution in [-0.4, -0.2) is 16.3 Å². The fourth-order valence-corrected chi connectivity index (χ4v) is 2.91. The van der Waals surface area contributed by atoms with E-state index in [1.165, 1.54) is 21.9 Å². The van der Waals surface area contributed by atoms with Crippen molar-refractivity contribution < 1.29 is 0 Å². The average molecular weight is 279 g/mol. The van der Waals surface area contributed by atoms with Crippen LogP contribution in [0.25, 0.3) is 10.8 Å². The molecule has 0 saturated heterocycles. The summed E-state index contributed by atoms with van der Waals surface area (Å²) in [5, 5.41) is 10.5. The molecular formula is C18H21N3. The predicted octanol–water partition coefficient (Wildman–Crippen LogP) is 3.47. The summed E-state index contributed by atoms with van der Waals surface area (Å²) >= 11 is 0. The van der Waals surface area contributed by atoms with Crippen LogP contribution in [0.3, 0.4) is 0 Å². The molecule has 1 aromatic heterocycles. The molecule has 3 heteroatoms. The van der Waals surface area contributed by atoms with Gasteiger partial charge in [0.25, 0.3) is 0 Å². The van der Waals surface area contributed by atoms with Gasteiger partial charge in [0.05, 0.1) is 6.20 Å². The molecule has 21 heavy (non-hydrogen) atoms. The zero-order chi connectivity index (χ0) is 14.7. The quantitative estimate of drug-likeness (QED) is 0.775. The van der Waals surface area contributed by atoms with Crippen LogP contribution in [0.2, 0.25) is 0 Å². The Morgan fingerprint density at radius 1 is 1.14 bits per heavy atom. The molecule has 1 heterocycles. The van der Waals surface area contributed by atoms with Crippen LogP contribution in [-0.2, 0) is 13.5 Å². The number of nitrogens with one attached hydrogen (secondary N) is 1. The molecule has 0 bridgehead atoms. The van der Waals surface area contributed by atoms with Crippen LogP contribution >= 0.6 is 0 Å². The van der Waals surface area contributed by atoms with Gasteiger partial charge >= 0.3 is 0 Å². The van der Waals surface area contributed by atoms with E-state index in [-0.39, 0.29) is 0 Å². The average Bonchev–Trinajstić information content (AvgIpc) is 2.91. The van der Waals surface area contributed by atoms with E-state index in [4.69, 9.17) is 0 Å². The SMILES string of the molecule is CCNC(Cc1cnn(C)c1)c1cccc2ccccc12. The van der Waals surface area contributed by atoms with Gasteiger partial charge in [-0.3, -0.25) is 4.68 Å². The van der Waals surface area contributed by atoms with Crippen molar-refractivity contribution in [2.24, 2.45) is 7.05 Å². The molecule has 0 aliphatic rings. The van der Waals surface area contributed by atoms with Crippen molar-refractivity contribution in [1.82, 2.24) is 15.1 Å². The van der Waals surface area contributed by atoms with Gasteiger partial charge in [-0.15, -0.1) is 0 Å². The normalized spacial score (nSPS) is 12.7. The van der Waals surface area contributed by atoms with Crippen LogP contribution in [0.15, 0.2) is 54.9 Å². The van der Waals surface area contributed by atoms with E-state index >= 15 is 0 Å². The van der Waals surface area contributed by atoms with E-state index in [1.807, 2.05) is 17.9 Å². The Labute approximate surface area is 125 Å². The van der Waals surface area contributed by atoms with E-state index in [1.54, 1.807) is 0 Å². The summed E-state index contributed by atoms with van der Waals surface area (Å²) in [5.74, 6) is 0. The molecule has 1 unspecified atom stereocenters. The molecule has 0 radical (unpaired) electrons. The Morgan fingerprint density at radius 2 is 1.95 bits per heavy atom. The maximum atomic E-state index is 4.27. The summed E-state index contributed by atoms with van der Waals surface area (Å²) in [7, 11) is 1.96. The first-order chi connectivity index (χ1) is 10.3. The van der Waals surface area contributed by atoms with E-state index in [9.17, 15) is 0 Å². The molecule has 0 amide bonds. The van der Waals surface area contributed by atoms with Gasteiger partial charge in [0, 0.05) is 19.3 Å². The minimum Gasteiger partial charge on any atom is -0.310 e. The molecule has 0 aliphatic carbocycles. The fraction of sp³-hybridized carbons (Fsp3) is 0.278. The van der Waals surface area contributed by atoms with Crippen LogP contribution in [0.5, 0.6) is 0 Å². The molecule has 108 valence electrons. The molecular weight excluding hydrogens is 258 g/mol. The summed E-state index contributed by atoms with van der Waals surface area (Å²) in [6.07, 6.45) is 5.00. The van der Waals surface area contributed by atoms with Gasteiger partial charge in [0.2, 0.25) is 0 Å². The number of hydrogen-bond acceptors (Lipinski definition) is 2. The molecule has 3 rings (SSSR count). The van der Waals surface area contributed by atoms with E-state index in [0.717, 1.165) is 13.0 Å². The van der Waals surface area contributed by atoms with E-state index in [2.05, 4.69) is 66.0 Å². The maximum absolute atomic E-state index is 4.27. The number of aromatic nitrogens is 2. The van der Waals surface area contributed by atoms with Crippen molar-refractivity contribution in [2.75, 3.05) is 6.54 Å². The van der Waals surface area contributed by atoms with Crippen molar-refractivity contribution in [2.45, 2.75) is 19.4 Å². The molecule has 2 aromatic carbocycles. The van der Waals surface area contributed by atoms with Crippen molar-refractivity contribution in [3.05, 3.63) is 66.0 Å². The fourth-order valence-electron chi connectivity index (χ4n) is 2.91. The standard InChI is InChI=1S/C18H21N3/c1-3-19-18(11-14-12-20-21(2)13-14)17-10-6-8-15-7-4-5-9-16(15)17/h4-10,12-13,18-19H,3,11H2,1-2H3. The first kappa shape index (κ1) is 13.8. The smallest absolute Gasteiger partial charge is 0.0522 e. The van der Waals surface area contributed by atoms with Gasteiger partial charge in [-0.05, 0) is 34.9 Å². The Hall–Kier alpha value is -2.13. The van der Waals surface area contributed by atoms with Gasteiger partial charge in [0.15, 0.2) is 0 Å². The topological polar surface area (TPSA) is 29.9 Å². The summed E-state index contributed by atoms with van der Waals surface area (Å²) in [6, 6.07) is 15.4. The molecule has 1 atom stereocenters. The predicted molar refractivity (Wildman–Crippen MR) is 87.3 cm³/mol. The number of aryl methyl sites for hydroxylation is 1. The maximum Gasteiger partial charge on any atom is 0.0522 e. The van der Waals surface area contributed by atoms with Crippen LogP contribution in [0.1, 0.15) is 24.1 Å². The third-order valence-electron chi connectivity index (χ3n) is 3.85. The monoisotopic (exact) mass is 279 g/mol. The van der Waals surface area contributed by atoms with Crippen molar-refractivity contribution in [1.29, 1.82) is 0 Å². The molecule has 0 aliphatic heterocycles. The number of nitrogens with zero attached hydrogens (tertiary/aromatic N) is 2. The summed E-state index contributed by atoms with van der Waals surface area (Å²) in [5.41, 5.74) is 2.62. The molecule has 1 N–H and O–H groups in total. The third-order valence-corrected chi connectivity index (χ3v) is 3.85. The number of rotatable bonds is 5. The van der Waals surface area contributed by atoms with Gasteiger partial charge in [0.1, 0.15) is 0 Å². The van der Waals surface area contributed by atoms with Gasteiger partial charge in [-0.25, -0.2) is 0 Å². The van der Waals surface area contributed by atoms with Gasteiger partial charge in [-0.1, -0.05) is 49.4 Å². The Balaban J connectivity index is 1.98. The highest BCUT2D eigenvalue weighted by molar-refractivity contribution is 5.86. The highest BCUT2D eigenvalue weighted by Crippen LogP contribution is 2.26. The first-order valence-electron chi connectivity index (χ1n) is 7.46. The van der Waals surface area contributed by atoms with Crippen LogP contribution in [0, 0.1) is 0 Å². The minimum atomic E-state index is 0.310. The summed E-state index contributed by atoms with van der Waals surface area (Å²) in [4.78, 5) is 0. The lowest BCUT2D eigenvalue weighted by Gasteiger charge is -2.19. The van der Waals surface area contributed by atoms with E-state index in [0.29, 0.717) is 6.04 Å². The molecule has 0 saturated carbocycles. The highest BCUT2D eigenvalue weighted by Gasteiger charge is 2.14. The van der Waals surface area contributed by atoms with E-state index < -0.39 is 0 Å². The summed E-state index contributed by atoms with van der Waals surface area (Å²) < 4.78 is 1.86. The van der Waals surface area contributed by atoms with Crippen molar-refractivity contribution in [3.63, 3.8) is 0 Å². The zero-order valence-corrected chi connectivity index (χ0v) is 12.6. The lowest BCUT2D eigenvalue weighted by Crippen LogP contribution is -2.23. The third kappa shape index (κ3) is 2.98. The number of fused-ring (bicyclic) bond motifs is 1. The first-order valence-corrected chi connectivity index (χ1v) is 7.46. The zero-order valence-electron chi connectivity index (χ0n) is 12.6. The van der Waals surface area contributed by atoms with Crippen molar-refractivity contribution >= 4 is 10.8 Å². The number of benzene rings is 2. The second-order valence-electron chi connectivity index (χ2n) is 5.41. The lowest BCUT2D eigenvalue weighted by atomic mass is 9.95. The van der Waals surface area contributed by atoms with Crippen molar-refractivity contribution in [3.8, 4) is 0 Å². The summed E-state index contributed by atoms with van der Waals surface area (Å²) in [6.45, 7) is 3.11. The molecule has 3 nitrogen and oxygen atoms in total. The lowest BCUT2D eigenvalue weighted by molar-refractivity contribution is 0.553. The number of hydrogen-bond donors (Lipinski definition) is 1. The Morgan fingerprint density at radius 3 is 2.71 bits per heavy atom. The minimum absolute atomic E-state index is 0.310. The highest BCUT2D eigenvalue weighted by atomic mass is 15.2. The Bertz CT molecular complexity index is 725.